The number of aliphatic hydroxyl groups excluding tert-OH is 1. The van der Waals surface area contributed by atoms with Gasteiger partial charge in [0.25, 0.3) is 0 Å². The Morgan fingerprint density at radius 1 is 1.10 bits per heavy atom. The van der Waals surface area contributed by atoms with Crippen LogP contribution in [0.2, 0.25) is 0 Å². The lowest BCUT2D eigenvalue weighted by Crippen LogP contribution is -2.35. The molecule has 0 spiro atoms. The van der Waals surface area contributed by atoms with Gasteiger partial charge in [0.15, 0.2) is 11.5 Å². The van der Waals surface area contributed by atoms with Gasteiger partial charge < -0.3 is 19.9 Å². The molecule has 4 heteroatoms. The molecule has 4 nitrogen and oxygen atoms in total. The van der Waals surface area contributed by atoms with Crippen molar-refractivity contribution >= 4 is 5.69 Å². The number of rotatable bonds is 4. The normalized spacial score (nSPS) is 15.6. The summed E-state index contributed by atoms with van der Waals surface area (Å²) in [5, 5.41) is 13.3. The van der Waals surface area contributed by atoms with Crippen LogP contribution < -0.4 is 14.8 Å². The van der Waals surface area contributed by atoms with Gasteiger partial charge in [0.2, 0.25) is 6.79 Å². The Kier molecular flexibility index (Phi) is 3.47. The van der Waals surface area contributed by atoms with E-state index in [9.17, 15) is 5.11 Å². The van der Waals surface area contributed by atoms with Crippen LogP contribution in [0, 0.1) is 6.92 Å². The highest BCUT2D eigenvalue weighted by atomic mass is 16.7. The van der Waals surface area contributed by atoms with Gasteiger partial charge in [-0.05, 0) is 43.7 Å². The predicted molar refractivity (Wildman–Crippen MR) is 81.8 cm³/mol. The van der Waals surface area contributed by atoms with Crippen molar-refractivity contribution in [3.63, 3.8) is 0 Å². The zero-order valence-electron chi connectivity index (χ0n) is 12.2. The maximum Gasteiger partial charge on any atom is 0.231 e. The summed E-state index contributed by atoms with van der Waals surface area (Å²) in [5.74, 6) is 1.47. The Morgan fingerprint density at radius 3 is 2.52 bits per heavy atom. The number of nitrogens with one attached hydrogen (secondary N) is 1. The van der Waals surface area contributed by atoms with Gasteiger partial charge in [-0.25, -0.2) is 0 Å². The molecule has 0 amide bonds. The van der Waals surface area contributed by atoms with Gasteiger partial charge in [0.1, 0.15) is 0 Å². The second-order valence-corrected chi connectivity index (χ2v) is 5.55. The van der Waals surface area contributed by atoms with Crippen LogP contribution in [-0.4, -0.2) is 18.5 Å². The van der Waals surface area contributed by atoms with Crippen molar-refractivity contribution in [3.8, 4) is 11.5 Å². The van der Waals surface area contributed by atoms with E-state index in [0.717, 1.165) is 22.7 Å². The van der Waals surface area contributed by atoms with Crippen molar-refractivity contribution in [2.24, 2.45) is 0 Å². The van der Waals surface area contributed by atoms with E-state index in [1.807, 2.05) is 56.3 Å². The van der Waals surface area contributed by atoms with Crippen LogP contribution in [0.4, 0.5) is 5.69 Å². The molecule has 21 heavy (non-hydrogen) atoms. The lowest BCUT2D eigenvalue weighted by atomic mass is 9.92. The molecule has 0 bridgehead atoms. The fourth-order valence-electron chi connectivity index (χ4n) is 2.40. The monoisotopic (exact) mass is 285 g/mol. The van der Waals surface area contributed by atoms with E-state index in [0.29, 0.717) is 0 Å². The highest BCUT2D eigenvalue weighted by Crippen LogP contribution is 2.36. The van der Waals surface area contributed by atoms with Gasteiger partial charge >= 0.3 is 0 Å². The zero-order valence-corrected chi connectivity index (χ0v) is 12.2. The van der Waals surface area contributed by atoms with Crippen molar-refractivity contribution in [3.05, 3.63) is 53.6 Å². The maximum absolute atomic E-state index is 9.87. The van der Waals surface area contributed by atoms with Crippen molar-refractivity contribution in [2.45, 2.75) is 19.4 Å². The van der Waals surface area contributed by atoms with Crippen LogP contribution in [0.3, 0.4) is 0 Å². The van der Waals surface area contributed by atoms with E-state index in [1.54, 1.807) is 0 Å². The molecule has 0 aliphatic carbocycles. The molecule has 2 aromatic carbocycles. The first-order chi connectivity index (χ1) is 10.1. The number of aliphatic hydroxyl groups is 1. The third kappa shape index (κ3) is 2.67. The van der Waals surface area contributed by atoms with Gasteiger partial charge in [-0.3, -0.25) is 0 Å². The molecule has 2 N–H and O–H groups in total. The first-order valence-electron chi connectivity index (χ1n) is 6.96. The lowest BCUT2D eigenvalue weighted by molar-refractivity contribution is 0.173. The largest absolute Gasteiger partial charge is 0.454 e. The second kappa shape index (κ2) is 5.30. The molecular weight excluding hydrogens is 266 g/mol. The van der Waals surface area contributed by atoms with Gasteiger partial charge in [-0.1, -0.05) is 23.8 Å². The summed E-state index contributed by atoms with van der Waals surface area (Å²) in [4.78, 5) is 0. The fourth-order valence-corrected chi connectivity index (χ4v) is 2.40. The Bertz CT molecular complexity index is 639. The molecule has 1 heterocycles. The van der Waals surface area contributed by atoms with Crippen LogP contribution in [0.5, 0.6) is 11.5 Å². The van der Waals surface area contributed by atoms with E-state index >= 15 is 0 Å². The molecule has 0 saturated carbocycles. The first-order valence-corrected chi connectivity index (χ1v) is 6.96. The summed E-state index contributed by atoms with van der Waals surface area (Å²) >= 11 is 0. The van der Waals surface area contributed by atoms with Crippen LogP contribution in [-0.2, 0) is 5.54 Å². The maximum atomic E-state index is 9.87. The number of fused-ring (bicyclic) bond motifs is 1. The molecule has 1 atom stereocenters. The Balaban J connectivity index is 1.90. The Labute approximate surface area is 124 Å². The molecule has 0 radical (unpaired) electrons. The number of anilines is 1. The van der Waals surface area contributed by atoms with Crippen LogP contribution in [0.25, 0.3) is 0 Å². The third-order valence-electron chi connectivity index (χ3n) is 3.80. The first kappa shape index (κ1) is 13.8. The Hall–Kier alpha value is -2.20. The molecular formula is C17H19NO3. The number of hydrogen-bond acceptors (Lipinski definition) is 4. The quantitative estimate of drug-likeness (QED) is 0.906. The van der Waals surface area contributed by atoms with Crippen LogP contribution in [0.15, 0.2) is 42.5 Å². The van der Waals surface area contributed by atoms with Crippen molar-refractivity contribution < 1.29 is 14.6 Å². The fraction of sp³-hybridized carbons (Fsp3) is 0.294. The molecule has 1 aliphatic heterocycles. The highest BCUT2D eigenvalue weighted by Gasteiger charge is 2.28. The predicted octanol–water partition coefficient (Wildman–Crippen LogP) is 3.04. The van der Waals surface area contributed by atoms with Gasteiger partial charge in [-0.2, -0.15) is 0 Å². The lowest BCUT2D eigenvalue weighted by Gasteiger charge is -2.30. The highest BCUT2D eigenvalue weighted by molar-refractivity contribution is 5.52. The van der Waals surface area contributed by atoms with E-state index in [1.165, 1.54) is 5.56 Å². The number of ether oxygens (including phenoxy) is 2. The average Bonchev–Trinajstić information content (AvgIpc) is 2.97. The molecule has 2 aromatic rings. The van der Waals surface area contributed by atoms with Crippen LogP contribution in [0.1, 0.15) is 18.1 Å². The van der Waals surface area contributed by atoms with E-state index < -0.39 is 5.54 Å². The standard InChI is InChI=1S/C17H19NO3/c1-12-3-6-14(7-4-12)18-17(2,10-19)13-5-8-15-16(9-13)21-11-20-15/h3-9,18-19H,10-11H2,1-2H3. The van der Waals surface area contributed by atoms with Crippen molar-refractivity contribution in [2.75, 3.05) is 18.7 Å². The molecule has 1 aliphatic rings. The summed E-state index contributed by atoms with van der Waals surface area (Å²) < 4.78 is 10.7. The Morgan fingerprint density at radius 2 is 1.81 bits per heavy atom. The summed E-state index contributed by atoms with van der Waals surface area (Å²) in [5.41, 5.74) is 2.54. The molecule has 0 fully saturated rings. The van der Waals surface area contributed by atoms with Gasteiger partial charge in [0, 0.05) is 5.69 Å². The summed E-state index contributed by atoms with van der Waals surface area (Å²) in [6, 6.07) is 13.8. The minimum absolute atomic E-state index is 0.0273. The molecule has 0 saturated heterocycles. The molecule has 0 aromatic heterocycles. The SMILES string of the molecule is Cc1ccc(NC(C)(CO)c2ccc3c(c2)OCO3)cc1. The van der Waals surface area contributed by atoms with E-state index in [2.05, 4.69) is 5.32 Å². The number of aryl methyl sites for hydroxylation is 1. The molecule has 110 valence electrons. The van der Waals surface area contributed by atoms with Crippen molar-refractivity contribution in [1.82, 2.24) is 0 Å². The molecule has 3 rings (SSSR count). The van der Waals surface area contributed by atoms with Crippen molar-refractivity contribution in [1.29, 1.82) is 0 Å². The second-order valence-electron chi connectivity index (χ2n) is 5.55. The van der Waals surface area contributed by atoms with E-state index in [-0.39, 0.29) is 13.4 Å². The van der Waals surface area contributed by atoms with E-state index in [4.69, 9.17) is 9.47 Å². The smallest absolute Gasteiger partial charge is 0.231 e. The van der Waals surface area contributed by atoms with Gasteiger partial charge in [0.05, 0.1) is 12.1 Å². The zero-order chi connectivity index (χ0) is 14.9. The van der Waals surface area contributed by atoms with Crippen LogP contribution >= 0.6 is 0 Å². The summed E-state index contributed by atoms with van der Waals surface area (Å²) in [6.07, 6.45) is 0. The topological polar surface area (TPSA) is 50.7 Å². The number of hydrogen-bond donors (Lipinski definition) is 2. The third-order valence-corrected chi connectivity index (χ3v) is 3.80. The minimum Gasteiger partial charge on any atom is -0.454 e. The molecule has 1 unspecified atom stereocenters. The minimum atomic E-state index is -0.587. The summed E-state index contributed by atoms with van der Waals surface area (Å²) in [7, 11) is 0. The van der Waals surface area contributed by atoms with Gasteiger partial charge in [-0.15, -0.1) is 0 Å². The number of benzene rings is 2. The average molecular weight is 285 g/mol. The summed E-state index contributed by atoms with van der Waals surface area (Å²) in [6.45, 7) is 4.23.